The molecule has 0 atom stereocenters. The minimum atomic E-state index is -0.0625. The van der Waals surface area contributed by atoms with E-state index in [0.29, 0.717) is 21.5 Å². The van der Waals surface area contributed by atoms with Gasteiger partial charge in [-0.25, -0.2) is 0 Å². The monoisotopic (exact) mass is 469 g/mol. The average molecular weight is 470 g/mol. The van der Waals surface area contributed by atoms with Crippen molar-refractivity contribution in [2.75, 3.05) is 6.54 Å². The van der Waals surface area contributed by atoms with Gasteiger partial charge in [0, 0.05) is 22.7 Å². The Morgan fingerprint density at radius 1 is 1.04 bits per heavy atom. The molecular formula is C22H16BrNO2S2. The van der Waals surface area contributed by atoms with E-state index in [1.54, 1.807) is 11.0 Å². The van der Waals surface area contributed by atoms with Crippen LogP contribution in [0.25, 0.3) is 17.4 Å². The van der Waals surface area contributed by atoms with Crippen LogP contribution in [0.1, 0.15) is 11.3 Å². The number of hydrogen-bond acceptors (Lipinski definition) is 4. The van der Waals surface area contributed by atoms with Gasteiger partial charge in [0.1, 0.15) is 15.8 Å². The fourth-order valence-electron chi connectivity index (χ4n) is 2.91. The molecule has 0 N–H and O–H groups in total. The summed E-state index contributed by atoms with van der Waals surface area (Å²) in [7, 11) is 0. The van der Waals surface area contributed by atoms with E-state index >= 15 is 0 Å². The van der Waals surface area contributed by atoms with Crippen molar-refractivity contribution < 1.29 is 9.21 Å². The molecule has 0 radical (unpaired) electrons. The van der Waals surface area contributed by atoms with Crippen LogP contribution in [0, 0.1) is 0 Å². The van der Waals surface area contributed by atoms with Crippen molar-refractivity contribution in [3.05, 3.63) is 87.4 Å². The van der Waals surface area contributed by atoms with Crippen LogP contribution < -0.4 is 0 Å². The highest BCUT2D eigenvalue weighted by Crippen LogP contribution is 2.33. The quantitative estimate of drug-likeness (QED) is 0.331. The van der Waals surface area contributed by atoms with E-state index in [9.17, 15) is 4.79 Å². The van der Waals surface area contributed by atoms with Gasteiger partial charge < -0.3 is 4.42 Å². The van der Waals surface area contributed by atoms with E-state index < -0.39 is 0 Å². The number of benzene rings is 2. The van der Waals surface area contributed by atoms with Gasteiger partial charge in [0.2, 0.25) is 0 Å². The third kappa shape index (κ3) is 4.29. The summed E-state index contributed by atoms with van der Waals surface area (Å²) in [6.07, 6.45) is 2.54. The first-order valence-electron chi connectivity index (χ1n) is 8.75. The van der Waals surface area contributed by atoms with Crippen LogP contribution in [-0.4, -0.2) is 21.7 Å². The Kier molecular flexibility index (Phi) is 5.80. The summed E-state index contributed by atoms with van der Waals surface area (Å²) in [4.78, 5) is 15.0. The normalized spacial score (nSPS) is 15.6. The lowest BCUT2D eigenvalue weighted by Crippen LogP contribution is -2.30. The highest BCUT2D eigenvalue weighted by Gasteiger charge is 2.31. The van der Waals surface area contributed by atoms with Gasteiger partial charge in [0.05, 0.1) is 4.91 Å². The second-order valence-corrected chi connectivity index (χ2v) is 8.87. The largest absolute Gasteiger partial charge is 0.457 e. The van der Waals surface area contributed by atoms with Crippen LogP contribution >= 0.6 is 39.9 Å². The number of amides is 1. The van der Waals surface area contributed by atoms with Crippen molar-refractivity contribution in [3.8, 4) is 11.3 Å². The van der Waals surface area contributed by atoms with Crippen molar-refractivity contribution >= 4 is 56.2 Å². The molecule has 0 saturated carbocycles. The number of furan rings is 1. The first kappa shape index (κ1) is 19.2. The van der Waals surface area contributed by atoms with Crippen LogP contribution in [-0.2, 0) is 11.2 Å². The second-order valence-electron chi connectivity index (χ2n) is 6.28. The van der Waals surface area contributed by atoms with Gasteiger partial charge in [-0.1, -0.05) is 82.4 Å². The third-order valence-corrected chi connectivity index (χ3v) is 6.28. The Bertz CT molecular complexity index is 1040. The molecule has 2 heterocycles. The molecule has 140 valence electrons. The zero-order valence-corrected chi connectivity index (χ0v) is 18.0. The summed E-state index contributed by atoms with van der Waals surface area (Å²) < 4.78 is 7.51. The molecule has 0 aliphatic carbocycles. The highest BCUT2D eigenvalue weighted by molar-refractivity contribution is 9.10. The molecule has 1 aromatic heterocycles. The molecule has 1 aliphatic rings. The van der Waals surface area contributed by atoms with E-state index in [1.807, 2.05) is 54.6 Å². The van der Waals surface area contributed by atoms with Gasteiger partial charge in [-0.05, 0) is 36.2 Å². The van der Waals surface area contributed by atoms with Gasteiger partial charge >= 0.3 is 0 Å². The maximum atomic E-state index is 12.8. The maximum absolute atomic E-state index is 12.8. The first-order valence-corrected chi connectivity index (χ1v) is 10.8. The van der Waals surface area contributed by atoms with E-state index in [-0.39, 0.29) is 5.91 Å². The van der Waals surface area contributed by atoms with Crippen LogP contribution in [0.15, 0.2) is 80.5 Å². The van der Waals surface area contributed by atoms with Gasteiger partial charge in [-0.2, -0.15) is 0 Å². The van der Waals surface area contributed by atoms with Gasteiger partial charge in [0.15, 0.2) is 0 Å². The Balaban J connectivity index is 1.47. The van der Waals surface area contributed by atoms with Crippen molar-refractivity contribution in [1.82, 2.24) is 4.90 Å². The Labute approximate surface area is 181 Å². The number of rotatable bonds is 5. The molecule has 1 saturated heterocycles. The fraction of sp³-hybridized carbons (Fsp3) is 0.0909. The average Bonchev–Trinajstić information content (AvgIpc) is 3.27. The van der Waals surface area contributed by atoms with E-state index in [1.165, 1.54) is 17.3 Å². The Morgan fingerprint density at radius 2 is 1.79 bits per heavy atom. The predicted octanol–water partition coefficient (Wildman–Crippen LogP) is 6.15. The van der Waals surface area contributed by atoms with Crippen molar-refractivity contribution in [1.29, 1.82) is 0 Å². The fourth-order valence-corrected chi connectivity index (χ4v) is 4.46. The van der Waals surface area contributed by atoms with Crippen molar-refractivity contribution in [2.24, 2.45) is 0 Å². The molecule has 1 aliphatic heterocycles. The molecular weight excluding hydrogens is 454 g/mol. The zero-order valence-electron chi connectivity index (χ0n) is 14.8. The third-order valence-electron chi connectivity index (χ3n) is 4.37. The summed E-state index contributed by atoms with van der Waals surface area (Å²) >= 11 is 10.2. The van der Waals surface area contributed by atoms with E-state index in [4.69, 9.17) is 16.6 Å². The van der Waals surface area contributed by atoms with Crippen LogP contribution in [0.2, 0.25) is 0 Å². The van der Waals surface area contributed by atoms with Gasteiger partial charge in [-0.15, -0.1) is 0 Å². The maximum Gasteiger partial charge on any atom is 0.266 e. The van der Waals surface area contributed by atoms with Crippen molar-refractivity contribution in [3.63, 3.8) is 0 Å². The molecule has 0 bridgehead atoms. The second kappa shape index (κ2) is 8.47. The van der Waals surface area contributed by atoms with E-state index in [2.05, 4.69) is 28.1 Å². The van der Waals surface area contributed by atoms with Crippen molar-refractivity contribution in [2.45, 2.75) is 6.42 Å². The Hall–Kier alpha value is -2.15. The summed E-state index contributed by atoms with van der Waals surface area (Å²) in [6.45, 7) is 0.578. The number of carbonyl (C=O) groups is 1. The van der Waals surface area contributed by atoms with Gasteiger partial charge in [-0.3, -0.25) is 9.69 Å². The molecule has 3 aromatic rings. The number of nitrogens with zero attached hydrogens (tertiary/aromatic N) is 1. The lowest BCUT2D eigenvalue weighted by atomic mass is 10.1. The summed E-state index contributed by atoms with van der Waals surface area (Å²) in [5.41, 5.74) is 2.17. The summed E-state index contributed by atoms with van der Waals surface area (Å²) in [6, 6.07) is 21.8. The molecule has 6 heteroatoms. The van der Waals surface area contributed by atoms with Gasteiger partial charge in [0.25, 0.3) is 5.91 Å². The van der Waals surface area contributed by atoms with Crippen LogP contribution in [0.3, 0.4) is 0 Å². The lowest BCUT2D eigenvalue weighted by molar-refractivity contribution is -0.122. The topological polar surface area (TPSA) is 33.5 Å². The predicted molar refractivity (Wildman–Crippen MR) is 122 cm³/mol. The smallest absolute Gasteiger partial charge is 0.266 e. The molecule has 1 fully saturated rings. The number of halogens is 1. The summed E-state index contributed by atoms with van der Waals surface area (Å²) in [5.74, 6) is 1.34. The zero-order chi connectivity index (χ0) is 19.5. The molecule has 28 heavy (non-hydrogen) atoms. The number of hydrogen-bond donors (Lipinski definition) is 0. The number of thioether (sulfide) groups is 1. The van der Waals surface area contributed by atoms with Crippen LogP contribution in [0.4, 0.5) is 0 Å². The molecule has 2 aromatic carbocycles. The minimum Gasteiger partial charge on any atom is -0.457 e. The number of carbonyl (C=O) groups excluding carboxylic acids is 1. The number of thiocarbonyl (C=S) groups is 1. The summed E-state index contributed by atoms with van der Waals surface area (Å²) in [5, 5.41) is 0. The molecule has 0 spiro atoms. The SMILES string of the molecule is O=C1/C(=C\c2ccc(-c3ccc(Br)cc3)o2)SC(=S)N1CCc1ccccc1. The molecule has 3 nitrogen and oxygen atoms in total. The molecule has 0 unspecified atom stereocenters. The highest BCUT2D eigenvalue weighted by atomic mass is 79.9. The van der Waals surface area contributed by atoms with Crippen LogP contribution in [0.5, 0.6) is 0 Å². The Morgan fingerprint density at radius 3 is 2.54 bits per heavy atom. The minimum absolute atomic E-state index is 0.0625. The molecule has 1 amide bonds. The van der Waals surface area contributed by atoms with E-state index in [0.717, 1.165) is 22.2 Å². The lowest BCUT2D eigenvalue weighted by Gasteiger charge is -2.14. The first-order chi connectivity index (χ1) is 13.6. The molecule has 4 rings (SSSR count). The standard InChI is InChI=1S/C22H16BrNO2S2/c23-17-8-6-16(7-9-17)19-11-10-18(26-19)14-20-21(25)24(22(27)28-20)13-12-15-4-2-1-3-5-15/h1-11,14H,12-13H2/b20-14+.